The number of aliphatic hydroxyl groups is 1. The Morgan fingerprint density at radius 3 is 2.71 bits per heavy atom. The highest BCUT2D eigenvalue weighted by Gasteiger charge is 2.23. The molecule has 0 aliphatic carbocycles. The molecule has 1 saturated heterocycles. The number of likely N-dealkylation sites (tertiary alicyclic amines) is 1. The minimum Gasteiger partial charge on any atom is -0.463 e. The molecule has 1 amide bonds. The van der Waals surface area contributed by atoms with Crippen LogP contribution in [-0.2, 0) is 0 Å². The maximum Gasteiger partial charge on any atom is 0.255 e. The number of hydrogen-bond acceptors (Lipinski definition) is 4. The van der Waals surface area contributed by atoms with Crippen molar-refractivity contribution in [2.75, 3.05) is 13.1 Å². The highest BCUT2D eigenvalue weighted by Crippen LogP contribution is 2.21. The zero-order chi connectivity index (χ0) is 14.8. The molecule has 110 valence electrons. The van der Waals surface area contributed by atoms with Crippen molar-refractivity contribution >= 4 is 5.91 Å². The monoisotopic (exact) mass is 286 g/mol. The summed E-state index contributed by atoms with van der Waals surface area (Å²) in [6.45, 7) is 3.03. The lowest BCUT2D eigenvalue weighted by Crippen LogP contribution is -2.40. The molecule has 2 aromatic rings. The van der Waals surface area contributed by atoms with Gasteiger partial charge in [0.05, 0.1) is 23.6 Å². The van der Waals surface area contributed by atoms with Crippen LogP contribution >= 0.6 is 0 Å². The minimum absolute atomic E-state index is 0.0158. The Hall–Kier alpha value is -2.14. The summed E-state index contributed by atoms with van der Waals surface area (Å²) in [4.78, 5) is 18.7. The number of carbonyl (C=O) groups is 1. The molecular weight excluding hydrogens is 268 g/mol. The molecule has 5 heteroatoms. The van der Waals surface area contributed by atoms with E-state index in [1.165, 1.54) is 0 Å². The third-order valence-corrected chi connectivity index (χ3v) is 3.84. The average molecular weight is 286 g/mol. The van der Waals surface area contributed by atoms with E-state index in [4.69, 9.17) is 4.42 Å². The van der Waals surface area contributed by atoms with E-state index in [1.807, 2.05) is 19.1 Å². The normalized spacial score (nSPS) is 16.2. The van der Waals surface area contributed by atoms with Gasteiger partial charge in [-0.1, -0.05) is 0 Å². The smallest absolute Gasteiger partial charge is 0.255 e. The van der Waals surface area contributed by atoms with Gasteiger partial charge in [-0.05, 0) is 44.0 Å². The number of pyridine rings is 1. The molecule has 1 aliphatic heterocycles. The van der Waals surface area contributed by atoms with Crippen LogP contribution in [0.4, 0.5) is 0 Å². The van der Waals surface area contributed by atoms with Crippen molar-refractivity contribution in [3.8, 4) is 11.5 Å². The minimum atomic E-state index is -0.283. The zero-order valence-electron chi connectivity index (χ0n) is 12.0. The highest BCUT2D eigenvalue weighted by molar-refractivity contribution is 5.95. The molecule has 0 radical (unpaired) electrons. The lowest BCUT2D eigenvalue weighted by Gasteiger charge is -2.29. The second-order valence-corrected chi connectivity index (χ2v) is 5.33. The summed E-state index contributed by atoms with van der Waals surface area (Å²) in [5, 5.41) is 9.52. The van der Waals surface area contributed by atoms with Crippen LogP contribution in [-0.4, -0.2) is 40.1 Å². The second-order valence-electron chi connectivity index (χ2n) is 5.33. The first-order valence-electron chi connectivity index (χ1n) is 7.14. The number of aliphatic hydroxyl groups excluding tert-OH is 1. The maximum absolute atomic E-state index is 12.5. The largest absolute Gasteiger partial charge is 0.463 e. The van der Waals surface area contributed by atoms with E-state index in [0.717, 1.165) is 5.69 Å². The van der Waals surface area contributed by atoms with Crippen molar-refractivity contribution in [1.82, 2.24) is 9.88 Å². The Morgan fingerprint density at radius 2 is 2.10 bits per heavy atom. The maximum atomic E-state index is 12.5. The topological polar surface area (TPSA) is 66.6 Å². The lowest BCUT2D eigenvalue weighted by molar-refractivity contribution is 0.0545. The fourth-order valence-corrected chi connectivity index (χ4v) is 2.59. The van der Waals surface area contributed by atoms with E-state index in [-0.39, 0.29) is 12.0 Å². The van der Waals surface area contributed by atoms with Crippen molar-refractivity contribution in [2.24, 2.45) is 0 Å². The standard InChI is InChI=1S/C16H18N2O3/c1-11-13(16(20)18-8-6-12(19)7-9-18)4-5-14(17-11)15-3-2-10-21-15/h2-5,10,12,19H,6-9H2,1H3. The summed E-state index contributed by atoms with van der Waals surface area (Å²) in [5.41, 5.74) is 2.03. The van der Waals surface area contributed by atoms with Crippen molar-refractivity contribution in [2.45, 2.75) is 25.9 Å². The van der Waals surface area contributed by atoms with Crippen molar-refractivity contribution in [1.29, 1.82) is 0 Å². The van der Waals surface area contributed by atoms with Gasteiger partial charge in [0, 0.05) is 13.1 Å². The number of nitrogens with zero attached hydrogens (tertiary/aromatic N) is 2. The van der Waals surface area contributed by atoms with Gasteiger partial charge in [-0.15, -0.1) is 0 Å². The van der Waals surface area contributed by atoms with Crippen LogP contribution in [0.2, 0.25) is 0 Å². The number of piperidine rings is 1. The molecule has 0 spiro atoms. The number of furan rings is 1. The number of aryl methyl sites for hydroxylation is 1. The molecule has 0 aromatic carbocycles. The first-order valence-corrected chi connectivity index (χ1v) is 7.14. The van der Waals surface area contributed by atoms with E-state index >= 15 is 0 Å². The Labute approximate surface area is 123 Å². The first-order chi connectivity index (χ1) is 10.1. The van der Waals surface area contributed by atoms with E-state index in [1.54, 1.807) is 23.3 Å². The van der Waals surface area contributed by atoms with E-state index in [9.17, 15) is 9.90 Å². The molecule has 3 rings (SSSR count). The first kappa shape index (κ1) is 13.8. The quantitative estimate of drug-likeness (QED) is 0.919. The summed E-state index contributed by atoms with van der Waals surface area (Å²) < 4.78 is 5.32. The molecular formula is C16H18N2O3. The van der Waals surface area contributed by atoms with Gasteiger partial charge in [0.1, 0.15) is 5.69 Å². The van der Waals surface area contributed by atoms with Crippen LogP contribution in [0, 0.1) is 6.92 Å². The van der Waals surface area contributed by atoms with Crippen LogP contribution in [0.15, 0.2) is 34.9 Å². The van der Waals surface area contributed by atoms with Crippen molar-refractivity contribution in [3.05, 3.63) is 41.8 Å². The molecule has 3 heterocycles. The molecule has 21 heavy (non-hydrogen) atoms. The summed E-state index contributed by atoms with van der Waals surface area (Å²) in [5.74, 6) is 0.677. The van der Waals surface area contributed by atoms with Crippen LogP contribution in [0.3, 0.4) is 0 Å². The summed E-state index contributed by atoms with van der Waals surface area (Å²) in [7, 11) is 0. The van der Waals surface area contributed by atoms with Gasteiger partial charge >= 0.3 is 0 Å². The van der Waals surface area contributed by atoms with Gasteiger partial charge in [-0.2, -0.15) is 0 Å². The van der Waals surface area contributed by atoms with Crippen LogP contribution in [0.5, 0.6) is 0 Å². The molecule has 5 nitrogen and oxygen atoms in total. The van der Waals surface area contributed by atoms with Gasteiger partial charge < -0.3 is 14.4 Å². The lowest BCUT2D eigenvalue weighted by atomic mass is 10.1. The number of rotatable bonds is 2. The van der Waals surface area contributed by atoms with E-state index < -0.39 is 0 Å². The third kappa shape index (κ3) is 2.83. The van der Waals surface area contributed by atoms with Gasteiger partial charge in [-0.3, -0.25) is 4.79 Å². The molecule has 0 bridgehead atoms. The van der Waals surface area contributed by atoms with Gasteiger partial charge in [-0.25, -0.2) is 4.98 Å². The fourth-order valence-electron chi connectivity index (χ4n) is 2.59. The number of aromatic nitrogens is 1. The molecule has 2 aromatic heterocycles. The van der Waals surface area contributed by atoms with Gasteiger partial charge in [0.25, 0.3) is 5.91 Å². The van der Waals surface area contributed by atoms with E-state index in [2.05, 4.69) is 4.98 Å². The highest BCUT2D eigenvalue weighted by atomic mass is 16.3. The van der Waals surface area contributed by atoms with Gasteiger partial charge in [0.15, 0.2) is 5.76 Å². The summed E-state index contributed by atoms with van der Waals surface area (Å²) in [6, 6.07) is 7.26. The Kier molecular flexibility index (Phi) is 3.75. The summed E-state index contributed by atoms with van der Waals surface area (Å²) >= 11 is 0. The van der Waals surface area contributed by atoms with Crippen LogP contribution in [0.25, 0.3) is 11.5 Å². The van der Waals surface area contributed by atoms with E-state index in [0.29, 0.717) is 42.9 Å². The Morgan fingerprint density at radius 1 is 1.33 bits per heavy atom. The molecule has 1 fully saturated rings. The predicted molar refractivity (Wildman–Crippen MR) is 77.8 cm³/mol. The molecule has 1 N–H and O–H groups in total. The second kappa shape index (κ2) is 5.69. The number of carbonyl (C=O) groups excluding carboxylic acids is 1. The predicted octanol–water partition coefficient (Wildman–Crippen LogP) is 2.25. The van der Waals surface area contributed by atoms with Gasteiger partial charge in [0.2, 0.25) is 0 Å². The number of hydrogen-bond donors (Lipinski definition) is 1. The molecule has 0 unspecified atom stereocenters. The zero-order valence-corrected chi connectivity index (χ0v) is 12.0. The molecule has 1 aliphatic rings. The Balaban J connectivity index is 1.81. The third-order valence-electron chi connectivity index (χ3n) is 3.84. The Bertz CT molecular complexity index is 629. The summed E-state index contributed by atoms with van der Waals surface area (Å²) in [6.07, 6.45) is 2.60. The molecule has 0 atom stereocenters. The van der Waals surface area contributed by atoms with Crippen LogP contribution in [0.1, 0.15) is 28.9 Å². The van der Waals surface area contributed by atoms with Crippen molar-refractivity contribution < 1.29 is 14.3 Å². The number of amides is 1. The molecule has 0 saturated carbocycles. The average Bonchev–Trinajstić information content (AvgIpc) is 3.01. The van der Waals surface area contributed by atoms with Crippen LogP contribution < -0.4 is 0 Å². The fraction of sp³-hybridized carbons (Fsp3) is 0.375. The SMILES string of the molecule is Cc1nc(-c2ccco2)ccc1C(=O)N1CCC(O)CC1. The van der Waals surface area contributed by atoms with Crippen molar-refractivity contribution in [3.63, 3.8) is 0 Å².